The Kier molecular flexibility index (Phi) is 4.08. The maximum atomic E-state index is 13.8. The van der Waals surface area contributed by atoms with Crippen LogP contribution in [0.2, 0.25) is 5.02 Å². The lowest BCUT2D eigenvalue weighted by Gasteiger charge is -2.14. The third-order valence-corrected chi connectivity index (χ3v) is 3.51. The second-order valence-corrected chi connectivity index (χ2v) is 5.33. The van der Waals surface area contributed by atoms with E-state index < -0.39 is 46.0 Å². The van der Waals surface area contributed by atoms with Crippen molar-refractivity contribution in [2.45, 2.75) is 6.18 Å². The molecule has 0 atom stereocenters. The fourth-order valence-electron chi connectivity index (χ4n) is 2.13. The maximum Gasteiger partial charge on any atom is 0.453 e. The van der Waals surface area contributed by atoms with Crippen LogP contribution in [0.4, 0.5) is 17.6 Å². The molecule has 25 heavy (non-hydrogen) atoms. The van der Waals surface area contributed by atoms with Crippen LogP contribution >= 0.6 is 11.6 Å². The minimum atomic E-state index is -5.11. The molecule has 1 aromatic heterocycles. The van der Waals surface area contributed by atoms with Crippen LogP contribution in [0.3, 0.4) is 0 Å². The van der Waals surface area contributed by atoms with Crippen molar-refractivity contribution in [1.29, 1.82) is 0 Å². The zero-order valence-electron chi connectivity index (χ0n) is 12.0. The van der Waals surface area contributed by atoms with Crippen molar-refractivity contribution in [2.24, 2.45) is 0 Å². The average molecular weight is 375 g/mol. The lowest BCUT2D eigenvalue weighted by atomic mass is 10.2. The summed E-state index contributed by atoms with van der Waals surface area (Å²) in [4.78, 5) is 12.4. The molecule has 3 rings (SSSR count). The maximum absolute atomic E-state index is 13.8. The molecule has 0 aliphatic rings. The molecule has 130 valence electrons. The number of hydrogen-bond donors (Lipinski definition) is 1. The van der Waals surface area contributed by atoms with E-state index in [9.17, 15) is 27.5 Å². The minimum Gasteiger partial charge on any atom is -0.508 e. The van der Waals surface area contributed by atoms with Gasteiger partial charge in [0.25, 0.3) is 5.76 Å². The van der Waals surface area contributed by atoms with E-state index in [1.807, 2.05) is 0 Å². The van der Waals surface area contributed by atoms with Crippen molar-refractivity contribution in [1.82, 2.24) is 0 Å². The molecule has 4 nitrogen and oxygen atoms in total. The van der Waals surface area contributed by atoms with Gasteiger partial charge in [-0.05, 0) is 24.3 Å². The van der Waals surface area contributed by atoms with Gasteiger partial charge in [0, 0.05) is 6.07 Å². The Balaban J connectivity index is 2.31. The highest BCUT2D eigenvalue weighted by atomic mass is 35.5. The Morgan fingerprint density at radius 2 is 1.84 bits per heavy atom. The largest absolute Gasteiger partial charge is 0.508 e. The molecule has 0 saturated heterocycles. The van der Waals surface area contributed by atoms with E-state index in [1.54, 1.807) is 0 Å². The highest BCUT2D eigenvalue weighted by Crippen LogP contribution is 2.40. The van der Waals surface area contributed by atoms with Gasteiger partial charge in [0.15, 0.2) is 11.6 Å². The highest BCUT2D eigenvalue weighted by molar-refractivity contribution is 6.32. The number of ether oxygens (including phenoxy) is 1. The van der Waals surface area contributed by atoms with Gasteiger partial charge in [-0.2, -0.15) is 13.2 Å². The number of alkyl halides is 3. The predicted octanol–water partition coefficient (Wildman–Crippen LogP) is 5.10. The predicted molar refractivity (Wildman–Crippen MR) is 80.6 cm³/mol. The molecular formula is C16H7ClF4O4. The van der Waals surface area contributed by atoms with Crippen LogP contribution < -0.4 is 10.2 Å². The number of para-hydroxylation sites is 1. The van der Waals surface area contributed by atoms with Crippen LogP contribution in [0, 0.1) is 5.82 Å². The van der Waals surface area contributed by atoms with Gasteiger partial charge < -0.3 is 14.3 Å². The Hall–Kier alpha value is -2.74. The van der Waals surface area contributed by atoms with Crippen molar-refractivity contribution in [3.8, 4) is 17.2 Å². The van der Waals surface area contributed by atoms with Gasteiger partial charge in [0.2, 0.25) is 11.2 Å². The van der Waals surface area contributed by atoms with Gasteiger partial charge >= 0.3 is 6.18 Å². The summed E-state index contributed by atoms with van der Waals surface area (Å²) < 4.78 is 63.1. The Morgan fingerprint density at radius 1 is 1.12 bits per heavy atom. The molecule has 9 heteroatoms. The molecule has 0 amide bonds. The van der Waals surface area contributed by atoms with Crippen LogP contribution in [0.25, 0.3) is 11.0 Å². The summed E-state index contributed by atoms with van der Waals surface area (Å²) in [5.74, 6) is -5.20. The molecule has 1 heterocycles. The topological polar surface area (TPSA) is 59.7 Å². The van der Waals surface area contributed by atoms with E-state index in [1.165, 1.54) is 12.1 Å². The standard InChI is InChI=1S/C16H7ClF4O4/c17-9-2-1-3-10(18)13(9)25-14-12(23)8-5-4-7(22)6-11(8)24-15(14)16(19,20)21/h1-6,22H. The van der Waals surface area contributed by atoms with Crippen LogP contribution in [-0.4, -0.2) is 5.11 Å². The molecular weight excluding hydrogens is 368 g/mol. The second kappa shape index (κ2) is 5.96. The van der Waals surface area contributed by atoms with Crippen molar-refractivity contribution in [3.05, 3.63) is 63.2 Å². The minimum absolute atomic E-state index is 0.284. The zero-order valence-corrected chi connectivity index (χ0v) is 12.8. The fraction of sp³-hybridized carbons (Fsp3) is 0.0625. The van der Waals surface area contributed by atoms with Crippen molar-refractivity contribution < 1.29 is 31.8 Å². The first-order valence-electron chi connectivity index (χ1n) is 6.67. The summed E-state index contributed by atoms with van der Waals surface area (Å²) in [6.45, 7) is 0. The van der Waals surface area contributed by atoms with E-state index >= 15 is 0 Å². The molecule has 0 unspecified atom stereocenters. The number of benzene rings is 2. The Labute approximate surface area is 141 Å². The van der Waals surface area contributed by atoms with E-state index in [0.29, 0.717) is 0 Å². The lowest BCUT2D eigenvalue weighted by molar-refractivity contribution is -0.154. The number of phenols is 1. The number of aromatic hydroxyl groups is 1. The Bertz CT molecular complexity index is 1010. The molecule has 0 aliphatic heterocycles. The Morgan fingerprint density at radius 3 is 2.48 bits per heavy atom. The molecule has 1 N–H and O–H groups in total. The number of hydrogen-bond acceptors (Lipinski definition) is 4. The van der Waals surface area contributed by atoms with Crippen LogP contribution in [0.5, 0.6) is 17.2 Å². The quantitative estimate of drug-likeness (QED) is 0.634. The molecule has 0 fully saturated rings. The number of fused-ring (bicyclic) bond motifs is 1. The number of rotatable bonds is 2. The van der Waals surface area contributed by atoms with Gasteiger partial charge in [0.1, 0.15) is 11.3 Å². The summed E-state index contributed by atoms with van der Waals surface area (Å²) in [6, 6.07) is 6.33. The normalized spacial score (nSPS) is 11.7. The van der Waals surface area contributed by atoms with Gasteiger partial charge in [-0.1, -0.05) is 17.7 Å². The molecule has 0 saturated carbocycles. The second-order valence-electron chi connectivity index (χ2n) is 4.92. The van der Waals surface area contributed by atoms with E-state index in [4.69, 9.17) is 20.8 Å². The summed E-state index contributed by atoms with van der Waals surface area (Å²) in [7, 11) is 0. The average Bonchev–Trinajstić information content (AvgIpc) is 2.51. The first-order valence-corrected chi connectivity index (χ1v) is 7.05. The highest BCUT2D eigenvalue weighted by Gasteiger charge is 2.41. The van der Waals surface area contributed by atoms with E-state index in [0.717, 1.165) is 24.3 Å². The van der Waals surface area contributed by atoms with Crippen LogP contribution in [0.1, 0.15) is 5.76 Å². The zero-order chi connectivity index (χ0) is 18.4. The number of phenolic OH excluding ortho intramolecular Hbond substituents is 1. The molecule has 0 radical (unpaired) electrons. The molecule has 2 aromatic carbocycles. The first-order chi connectivity index (χ1) is 11.7. The van der Waals surface area contributed by atoms with Crippen molar-refractivity contribution >= 4 is 22.6 Å². The van der Waals surface area contributed by atoms with Gasteiger partial charge in [-0.3, -0.25) is 4.79 Å². The first kappa shape index (κ1) is 17.1. The number of halogens is 5. The fourth-order valence-corrected chi connectivity index (χ4v) is 2.33. The summed E-state index contributed by atoms with van der Waals surface area (Å²) in [5, 5.41) is 8.75. The van der Waals surface area contributed by atoms with E-state index in [-0.39, 0.29) is 10.4 Å². The molecule has 0 bridgehead atoms. The SMILES string of the molecule is O=c1c(Oc2c(F)cccc2Cl)c(C(F)(F)F)oc2cc(O)ccc12. The van der Waals surface area contributed by atoms with Gasteiger partial charge in [-0.25, -0.2) is 4.39 Å². The van der Waals surface area contributed by atoms with Gasteiger partial charge in [0.05, 0.1) is 10.4 Å². The monoisotopic (exact) mass is 374 g/mol. The molecule has 0 spiro atoms. The molecule has 0 aliphatic carbocycles. The third-order valence-electron chi connectivity index (χ3n) is 3.21. The lowest BCUT2D eigenvalue weighted by Crippen LogP contribution is -2.15. The molecule has 3 aromatic rings. The van der Waals surface area contributed by atoms with Crippen LogP contribution in [-0.2, 0) is 6.18 Å². The summed E-state index contributed by atoms with van der Waals surface area (Å²) in [6.07, 6.45) is -5.11. The summed E-state index contributed by atoms with van der Waals surface area (Å²) in [5.41, 5.74) is -1.68. The van der Waals surface area contributed by atoms with E-state index in [2.05, 4.69) is 0 Å². The van der Waals surface area contributed by atoms with Crippen molar-refractivity contribution in [2.75, 3.05) is 0 Å². The van der Waals surface area contributed by atoms with Crippen molar-refractivity contribution in [3.63, 3.8) is 0 Å². The smallest absolute Gasteiger partial charge is 0.453 e. The third kappa shape index (κ3) is 3.12. The summed E-state index contributed by atoms with van der Waals surface area (Å²) >= 11 is 5.73. The van der Waals surface area contributed by atoms with Gasteiger partial charge in [-0.15, -0.1) is 0 Å². The van der Waals surface area contributed by atoms with Crippen LogP contribution in [0.15, 0.2) is 45.6 Å².